The van der Waals surface area contributed by atoms with E-state index in [1.807, 2.05) is 12.1 Å². The van der Waals surface area contributed by atoms with Crippen LogP contribution in [0, 0.1) is 0 Å². The molecule has 0 bridgehead atoms. The first-order valence-electron chi connectivity index (χ1n) is 6.52. The molecule has 3 heteroatoms. The highest BCUT2D eigenvalue weighted by Gasteiger charge is 2.24. The minimum absolute atomic E-state index is 0.212. The van der Waals surface area contributed by atoms with Gasteiger partial charge in [0.15, 0.2) is 0 Å². The molecule has 0 aromatic heterocycles. The van der Waals surface area contributed by atoms with Crippen molar-refractivity contribution >= 4 is 0 Å². The smallest absolute Gasteiger partial charge is 0.122 e. The van der Waals surface area contributed by atoms with E-state index in [0.29, 0.717) is 0 Å². The molecule has 0 aliphatic carbocycles. The molecule has 2 N–H and O–H groups in total. The first-order valence-corrected chi connectivity index (χ1v) is 6.52. The monoisotopic (exact) mass is 233 g/mol. The van der Waals surface area contributed by atoms with Crippen LogP contribution in [0.2, 0.25) is 0 Å². The van der Waals surface area contributed by atoms with E-state index in [1.54, 1.807) is 0 Å². The number of hydrogen-bond acceptors (Lipinski definition) is 3. The van der Waals surface area contributed by atoms with Crippen LogP contribution in [0.5, 0.6) is 5.75 Å². The van der Waals surface area contributed by atoms with Gasteiger partial charge in [-0.25, -0.2) is 0 Å². The van der Waals surface area contributed by atoms with Crippen LogP contribution in [-0.2, 0) is 6.42 Å². The van der Waals surface area contributed by atoms with Crippen molar-refractivity contribution in [2.24, 2.45) is 0 Å². The zero-order valence-electron chi connectivity index (χ0n) is 9.98. The minimum atomic E-state index is -0.388. The Morgan fingerprint density at radius 1 is 1.35 bits per heavy atom. The van der Waals surface area contributed by atoms with Gasteiger partial charge in [0.2, 0.25) is 0 Å². The van der Waals surface area contributed by atoms with E-state index in [4.69, 9.17) is 4.74 Å². The number of benzene rings is 1. The Labute approximate surface area is 102 Å². The molecule has 2 aliphatic heterocycles. The molecular formula is C14H19NO2. The van der Waals surface area contributed by atoms with Crippen LogP contribution in [0.15, 0.2) is 18.2 Å². The molecule has 1 aromatic rings. The van der Waals surface area contributed by atoms with Crippen LogP contribution in [0.3, 0.4) is 0 Å². The molecule has 0 amide bonds. The topological polar surface area (TPSA) is 41.5 Å². The molecule has 0 saturated carbocycles. The second-order valence-electron chi connectivity index (χ2n) is 4.97. The van der Waals surface area contributed by atoms with Crippen molar-refractivity contribution in [2.75, 3.05) is 13.2 Å². The first-order chi connectivity index (χ1) is 8.34. The zero-order chi connectivity index (χ0) is 11.7. The van der Waals surface area contributed by atoms with Gasteiger partial charge in [-0.15, -0.1) is 0 Å². The number of hydrogen-bond donors (Lipinski definition) is 2. The summed E-state index contributed by atoms with van der Waals surface area (Å²) in [6, 6.07) is 6.29. The molecule has 1 fully saturated rings. The van der Waals surface area contributed by atoms with Gasteiger partial charge < -0.3 is 15.2 Å². The van der Waals surface area contributed by atoms with Gasteiger partial charge in [-0.1, -0.05) is 12.5 Å². The minimum Gasteiger partial charge on any atom is -0.493 e. The predicted molar refractivity (Wildman–Crippen MR) is 66.2 cm³/mol. The standard InChI is InChI=1S/C14H19NO2/c16-14(12-3-1-2-7-15-12)11-4-5-13-10(9-11)6-8-17-13/h4-5,9,12,14-16H,1-3,6-8H2. The van der Waals surface area contributed by atoms with E-state index in [2.05, 4.69) is 11.4 Å². The van der Waals surface area contributed by atoms with Crippen molar-refractivity contribution in [1.82, 2.24) is 5.32 Å². The van der Waals surface area contributed by atoms with Crippen LogP contribution < -0.4 is 10.1 Å². The summed E-state index contributed by atoms with van der Waals surface area (Å²) in [7, 11) is 0. The maximum absolute atomic E-state index is 10.4. The van der Waals surface area contributed by atoms with Crippen LogP contribution >= 0.6 is 0 Å². The SMILES string of the molecule is OC(c1ccc2c(c1)CCO2)C1CCCCN1. The number of nitrogens with one attached hydrogen (secondary N) is 1. The molecule has 2 heterocycles. The van der Waals surface area contributed by atoms with Gasteiger partial charge in [-0.05, 0) is 42.6 Å². The highest BCUT2D eigenvalue weighted by Crippen LogP contribution is 2.30. The van der Waals surface area contributed by atoms with Crippen molar-refractivity contribution in [3.05, 3.63) is 29.3 Å². The fourth-order valence-corrected chi connectivity index (χ4v) is 2.77. The van der Waals surface area contributed by atoms with E-state index in [-0.39, 0.29) is 12.1 Å². The second-order valence-corrected chi connectivity index (χ2v) is 4.97. The third-order valence-electron chi connectivity index (χ3n) is 3.78. The summed E-state index contributed by atoms with van der Waals surface area (Å²) in [5.41, 5.74) is 2.26. The molecule has 92 valence electrons. The molecule has 17 heavy (non-hydrogen) atoms. The molecule has 1 aromatic carbocycles. The highest BCUT2D eigenvalue weighted by atomic mass is 16.5. The average molecular weight is 233 g/mol. The zero-order valence-corrected chi connectivity index (χ0v) is 9.98. The molecule has 3 rings (SSSR count). The number of rotatable bonds is 2. The molecular weight excluding hydrogens is 214 g/mol. The summed E-state index contributed by atoms with van der Waals surface area (Å²) in [5, 5.41) is 13.8. The molecule has 0 radical (unpaired) electrons. The molecule has 3 nitrogen and oxygen atoms in total. The van der Waals surface area contributed by atoms with E-state index in [1.165, 1.54) is 18.4 Å². The highest BCUT2D eigenvalue weighted by molar-refractivity contribution is 5.40. The lowest BCUT2D eigenvalue weighted by Gasteiger charge is -2.28. The van der Waals surface area contributed by atoms with Gasteiger partial charge in [0.1, 0.15) is 5.75 Å². The Kier molecular flexibility index (Phi) is 3.04. The van der Waals surface area contributed by atoms with E-state index < -0.39 is 0 Å². The quantitative estimate of drug-likeness (QED) is 0.818. The third-order valence-corrected chi connectivity index (χ3v) is 3.78. The number of aliphatic hydroxyl groups excluding tert-OH is 1. The maximum Gasteiger partial charge on any atom is 0.122 e. The van der Waals surface area contributed by atoms with Crippen LogP contribution in [-0.4, -0.2) is 24.3 Å². The Morgan fingerprint density at radius 2 is 2.29 bits per heavy atom. The summed E-state index contributed by atoms with van der Waals surface area (Å²) in [5.74, 6) is 0.984. The van der Waals surface area contributed by atoms with Crippen molar-refractivity contribution in [3.63, 3.8) is 0 Å². The Bertz CT molecular complexity index is 399. The summed E-state index contributed by atoms with van der Waals surface area (Å²) in [6.07, 6.45) is 4.08. The van der Waals surface area contributed by atoms with Gasteiger partial charge in [-0.2, -0.15) is 0 Å². The predicted octanol–water partition coefficient (Wildman–Crippen LogP) is 1.80. The molecule has 2 unspecified atom stereocenters. The molecule has 2 aliphatic rings. The van der Waals surface area contributed by atoms with Crippen LogP contribution in [0.25, 0.3) is 0 Å². The van der Waals surface area contributed by atoms with Gasteiger partial charge in [0.05, 0.1) is 12.7 Å². The second kappa shape index (κ2) is 4.67. The van der Waals surface area contributed by atoms with Crippen LogP contribution in [0.4, 0.5) is 0 Å². The van der Waals surface area contributed by atoms with E-state index in [0.717, 1.165) is 37.3 Å². The lowest BCUT2D eigenvalue weighted by atomic mass is 9.94. The van der Waals surface area contributed by atoms with Crippen LogP contribution in [0.1, 0.15) is 36.5 Å². The maximum atomic E-state index is 10.4. The summed E-state index contributed by atoms with van der Waals surface area (Å²) < 4.78 is 5.48. The Hall–Kier alpha value is -1.06. The van der Waals surface area contributed by atoms with Gasteiger partial charge in [0.25, 0.3) is 0 Å². The molecule has 0 spiro atoms. The van der Waals surface area contributed by atoms with Gasteiger partial charge >= 0.3 is 0 Å². The summed E-state index contributed by atoms with van der Waals surface area (Å²) in [4.78, 5) is 0. The van der Waals surface area contributed by atoms with E-state index >= 15 is 0 Å². The summed E-state index contributed by atoms with van der Waals surface area (Å²) >= 11 is 0. The lowest BCUT2D eigenvalue weighted by molar-refractivity contribution is 0.114. The lowest BCUT2D eigenvalue weighted by Crippen LogP contribution is -2.38. The largest absolute Gasteiger partial charge is 0.493 e. The number of aliphatic hydroxyl groups is 1. The fraction of sp³-hybridized carbons (Fsp3) is 0.571. The van der Waals surface area contributed by atoms with Crippen molar-refractivity contribution in [2.45, 2.75) is 37.8 Å². The number of ether oxygens (including phenoxy) is 1. The van der Waals surface area contributed by atoms with Crippen molar-refractivity contribution < 1.29 is 9.84 Å². The van der Waals surface area contributed by atoms with Gasteiger partial charge in [-0.3, -0.25) is 0 Å². The van der Waals surface area contributed by atoms with Gasteiger partial charge in [0, 0.05) is 12.5 Å². The third kappa shape index (κ3) is 2.17. The molecule has 2 atom stereocenters. The fourth-order valence-electron chi connectivity index (χ4n) is 2.77. The summed E-state index contributed by atoms with van der Waals surface area (Å²) in [6.45, 7) is 1.80. The average Bonchev–Trinajstić information content (AvgIpc) is 2.86. The Balaban J connectivity index is 1.78. The molecule has 1 saturated heterocycles. The normalized spacial score (nSPS) is 25.1. The first kappa shape index (κ1) is 11.1. The number of piperidine rings is 1. The Morgan fingerprint density at radius 3 is 3.12 bits per heavy atom. The van der Waals surface area contributed by atoms with Crippen molar-refractivity contribution in [3.8, 4) is 5.75 Å². The van der Waals surface area contributed by atoms with Crippen molar-refractivity contribution in [1.29, 1.82) is 0 Å². The number of fused-ring (bicyclic) bond motifs is 1. The van der Waals surface area contributed by atoms with E-state index in [9.17, 15) is 5.11 Å².